The van der Waals surface area contributed by atoms with Gasteiger partial charge in [-0.1, -0.05) is 18.5 Å². The molecule has 0 aliphatic rings. The molecule has 0 amide bonds. The largest absolute Gasteiger partial charge is 0.376 e. The van der Waals surface area contributed by atoms with Crippen LogP contribution in [0.5, 0.6) is 0 Å². The van der Waals surface area contributed by atoms with E-state index in [1.165, 1.54) is 0 Å². The maximum absolute atomic E-state index is 13.3. The summed E-state index contributed by atoms with van der Waals surface area (Å²) in [7, 11) is 0. The van der Waals surface area contributed by atoms with Gasteiger partial charge in [0.25, 0.3) is 5.69 Å². The highest BCUT2D eigenvalue weighted by Crippen LogP contribution is 2.31. The average Bonchev–Trinajstić information content (AvgIpc) is 2.32. The van der Waals surface area contributed by atoms with Crippen LogP contribution in [0.15, 0.2) is 12.1 Å². The fraction of sp³-hybridized carbons (Fsp3) is 0.333. The molecule has 1 rings (SSSR count). The molecular weight excluding hydrogens is 259 g/mol. The zero-order chi connectivity index (χ0) is 13.7. The molecule has 96 valence electrons. The second kappa shape index (κ2) is 6.22. The fourth-order valence-corrected chi connectivity index (χ4v) is 1.62. The Balaban J connectivity index is 3.10. The van der Waals surface area contributed by atoms with Crippen molar-refractivity contribution in [1.82, 2.24) is 0 Å². The van der Waals surface area contributed by atoms with Gasteiger partial charge in [0, 0.05) is 24.6 Å². The molecule has 0 spiro atoms. The lowest BCUT2D eigenvalue weighted by Gasteiger charge is -2.15. The number of nitrogens with zero attached hydrogens (tertiary/aromatic N) is 1. The van der Waals surface area contributed by atoms with Gasteiger partial charge in [0.05, 0.1) is 9.95 Å². The van der Waals surface area contributed by atoms with Gasteiger partial charge in [-0.3, -0.25) is 10.1 Å². The van der Waals surface area contributed by atoms with E-state index in [-0.39, 0.29) is 22.4 Å². The van der Waals surface area contributed by atoms with Crippen LogP contribution >= 0.6 is 11.6 Å². The second-order valence-corrected chi connectivity index (χ2v) is 4.11. The Kier molecular flexibility index (Phi) is 4.93. The summed E-state index contributed by atoms with van der Waals surface area (Å²) in [5.74, 6) is 1.75. The minimum Gasteiger partial charge on any atom is -0.376 e. The molecule has 0 fully saturated rings. The zero-order valence-corrected chi connectivity index (χ0v) is 10.5. The van der Waals surface area contributed by atoms with Gasteiger partial charge < -0.3 is 5.32 Å². The van der Waals surface area contributed by atoms with Gasteiger partial charge in [-0.2, -0.15) is 0 Å². The van der Waals surface area contributed by atoms with Crippen LogP contribution in [0.3, 0.4) is 0 Å². The monoisotopic (exact) mass is 270 g/mol. The van der Waals surface area contributed by atoms with Gasteiger partial charge in [0.1, 0.15) is 11.5 Å². The van der Waals surface area contributed by atoms with E-state index in [2.05, 4.69) is 11.2 Å². The Hall–Kier alpha value is -1.80. The van der Waals surface area contributed by atoms with Crippen LogP contribution in [0.25, 0.3) is 0 Å². The van der Waals surface area contributed by atoms with E-state index in [0.717, 1.165) is 12.1 Å². The fourth-order valence-electron chi connectivity index (χ4n) is 1.46. The first-order valence-corrected chi connectivity index (χ1v) is 5.70. The first-order chi connectivity index (χ1) is 8.49. The molecule has 1 unspecified atom stereocenters. The molecule has 0 aromatic heterocycles. The molecule has 1 N–H and O–H groups in total. The van der Waals surface area contributed by atoms with E-state index < -0.39 is 10.7 Å². The van der Waals surface area contributed by atoms with Crippen LogP contribution < -0.4 is 5.32 Å². The van der Waals surface area contributed by atoms with Crippen molar-refractivity contribution in [2.24, 2.45) is 0 Å². The molecular formula is C12H12ClFN2O2. The summed E-state index contributed by atoms with van der Waals surface area (Å²) in [6.45, 7) is 1.88. The Morgan fingerprint density at radius 1 is 1.67 bits per heavy atom. The van der Waals surface area contributed by atoms with Gasteiger partial charge in [0.15, 0.2) is 0 Å². The minimum absolute atomic E-state index is 0.0870. The van der Waals surface area contributed by atoms with Crippen molar-refractivity contribution in [2.45, 2.75) is 25.8 Å². The standard InChI is InChI=1S/C12H12ClFN2O2/c1-3-5-8(4-2)15-11-7-10(14)9(13)6-12(11)16(17)18/h1,6-8,15H,4-5H2,2H3. The average molecular weight is 271 g/mol. The van der Waals surface area contributed by atoms with E-state index in [1.54, 1.807) is 0 Å². The van der Waals surface area contributed by atoms with E-state index in [1.807, 2.05) is 6.92 Å². The summed E-state index contributed by atoms with van der Waals surface area (Å²) < 4.78 is 13.3. The Bertz CT molecular complexity index is 500. The summed E-state index contributed by atoms with van der Waals surface area (Å²) >= 11 is 5.52. The lowest BCUT2D eigenvalue weighted by Crippen LogP contribution is -2.18. The molecule has 1 aromatic carbocycles. The maximum atomic E-state index is 13.3. The third-order valence-corrected chi connectivity index (χ3v) is 2.74. The molecule has 0 bridgehead atoms. The Labute approximate surface area is 109 Å². The number of terminal acetylenes is 1. The summed E-state index contributed by atoms with van der Waals surface area (Å²) in [6, 6.07) is 1.86. The molecule has 0 radical (unpaired) electrons. The van der Waals surface area contributed by atoms with E-state index >= 15 is 0 Å². The number of nitro groups is 1. The SMILES string of the molecule is C#CCC(CC)Nc1cc(F)c(Cl)cc1[N+](=O)[O-]. The normalized spacial score (nSPS) is 11.7. The van der Waals surface area contributed by atoms with E-state index in [9.17, 15) is 14.5 Å². The highest BCUT2D eigenvalue weighted by Gasteiger charge is 2.19. The topological polar surface area (TPSA) is 55.2 Å². The minimum atomic E-state index is -0.708. The first kappa shape index (κ1) is 14.3. The van der Waals surface area contributed by atoms with Gasteiger partial charge in [-0.25, -0.2) is 4.39 Å². The van der Waals surface area contributed by atoms with Gasteiger partial charge in [0.2, 0.25) is 0 Å². The highest BCUT2D eigenvalue weighted by atomic mass is 35.5. The zero-order valence-electron chi connectivity index (χ0n) is 9.74. The van der Waals surface area contributed by atoms with Gasteiger partial charge >= 0.3 is 0 Å². The van der Waals surface area contributed by atoms with Crippen molar-refractivity contribution in [3.8, 4) is 12.3 Å². The smallest absolute Gasteiger partial charge is 0.294 e. The quantitative estimate of drug-likeness (QED) is 0.505. The van der Waals surface area contributed by atoms with E-state index in [0.29, 0.717) is 12.8 Å². The summed E-state index contributed by atoms with van der Waals surface area (Å²) in [6.07, 6.45) is 6.26. The number of rotatable bonds is 5. The van der Waals surface area contributed by atoms with Crippen molar-refractivity contribution in [3.63, 3.8) is 0 Å². The number of benzene rings is 1. The summed E-state index contributed by atoms with van der Waals surface area (Å²) in [4.78, 5) is 10.2. The lowest BCUT2D eigenvalue weighted by atomic mass is 10.1. The molecule has 0 heterocycles. The molecule has 1 aromatic rings. The van der Waals surface area contributed by atoms with Crippen LogP contribution in [0.2, 0.25) is 5.02 Å². The second-order valence-electron chi connectivity index (χ2n) is 3.70. The molecule has 1 atom stereocenters. The number of nitrogens with one attached hydrogen (secondary N) is 1. The van der Waals surface area contributed by atoms with Crippen LogP contribution in [-0.4, -0.2) is 11.0 Å². The highest BCUT2D eigenvalue weighted by molar-refractivity contribution is 6.31. The molecule has 0 saturated heterocycles. The maximum Gasteiger partial charge on any atom is 0.294 e. The van der Waals surface area contributed by atoms with Gasteiger partial charge in [-0.15, -0.1) is 12.3 Å². The third kappa shape index (κ3) is 3.34. The van der Waals surface area contributed by atoms with Crippen molar-refractivity contribution in [2.75, 3.05) is 5.32 Å². The van der Waals surface area contributed by atoms with E-state index in [4.69, 9.17) is 18.0 Å². The van der Waals surface area contributed by atoms with Gasteiger partial charge in [-0.05, 0) is 6.42 Å². The Morgan fingerprint density at radius 2 is 2.33 bits per heavy atom. The molecule has 4 nitrogen and oxygen atoms in total. The van der Waals surface area contributed by atoms with Crippen molar-refractivity contribution in [3.05, 3.63) is 33.1 Å². The first-order valence-electron chi connectivity index (χ1n) is 5.33. The summed E-state index contributed by atoms with van der Waals surface area (Å²) in [5.41, 5.74) is -0.180. The summed E-state index contributed by atoms with van der Waals surface area (Å²) in [5, 5.41) is 13.4. The molecule has 0 aliphatic carbocycles. The lowest BCUT2D eigenvalue weighted by molar-refractivity contribution is -0.384. The van der Waals surface area contributed by atoms with Crippen LogP contribution in [0.1, 0.15) is 19.8 Å². The molecule has 0 saturated carbocycles. The van der Waals surface area contributed by atoms with Crippen LogP contribution in [0, 0.1) is 28.3 Å². The van der Waals surface area contributed by atoms with Crippen LogP contribution in [0.4, 0.5) is 15.8 Å². The van der Waals surface area contributed by atoms with Crippen LogP contribution in [-0.2, 0) is 0 Å². The van der Waals surface area contributed by atoms with Crippen molar-refractivity contribution < 1.29 is 9.31 Å². The predicted octanol–water partition coefficient (Wildman–Crippen LogP) is 3.60. The van der Waals surface area contributed by atoms with Crippen molar-refractivity contribution in [1.29, 1.82) is 0 Å². The Morgan fingerprint density at radius 3 is 2.83 bits per heavy atom. The van der Waals surface area contributed by atoms with Crippen molar-refractivity contribution >= 4 is 23.0 Å². The third-order valence-electron chi connectivity index (χ3n) is 2.45. The number of anilines is 1. The number of hydrogen-bond acceptors (Lipinski definition) is 3. The molecule has 6 heteroatoms. The number of nitro benzene ring substituents is 1. The molecule has 18 heavy (non-hydrogen) atoms. The number of hydrogen-bond donors (Lipinski definition) is 1. The predicted molar refractivity (Wildman–Crippen MR) is 69.2 cm³/mol. The number of halogens is 2. The molecule has 0 aliphatic heterocycles.